The van der Waals surface area contributed by atoms with Crippen molar-refractivity contribution in [2.24, 2.45) is 0 Å². The summed E-state index contributed by atoms with van der Waals surface area (Å²) in [6.07, 6.45) is -0.0102. The summed E-state index contributed by atoms with van der Waals surface area (Å²) in [5, 5.41) is 0.846. The lowest BCUT2D eigenvalue weighted by Gasteiger charge is -2.32. The number of furan rings is 1. The Kier molecular flexibility index (Phi) is 7.45. The Morgan fingerprint density at radius 1 is 1.03 bits per heavy atom. The van der Waals surface area contributed by atoms with Gasteiger partial charge in [-0.2, -0.15) is 0 Å². The molecule has 0 atom stereocenters. The van der Waals surface area contributed by atoms with E-state index in [0.717, 1.165) is 16.4 Å². The third-order valence-corrected chi connectivity index (χ3v) is 6.61. The summed E-state index contributed by atoms with van der Waals surface area (Å²) in [6, 6.07) is 9.87. The van der Waals surface area contributed by atoms with Crippen LogP contribution in [0.15, 0.2) is 40.8 Å². The number of methoxy groups -OCH3 is 1. The molecule has 0 radical (unpaired) electrons. The van der Waals surface area contributed by atoms with Crippen molar-refractivity contribution in [1.29, 1.82) is 0 Å². The third-order valence-electron chi connectivity index (χ3n) is 6.61. The molecule has 2 heterocycles. The van der Waals surface area contributed by atoms with E-state index in [-0.39, 0.29) is 25.4 Å². The van der Waals surface area contributed by atoms with Crippen molar-refractivity contribution in [3.8, 4) is 5.75 Å². The van der Waals surface area contributed by atoms with Gasteiger partial charge in [-0.05, 0) is 58.4 Å². The average molecular weight is 498 g/mol. The first-order valence-electron chi connectivity index (χ1n) is 12.0. The van der Waals surface area contributed by atoms with Crippen molar-refractivity contribution < 1.29 is 37.1 Å². The average Bonchev–Trinajstić information content (AvgIpc) is 3.29. The van der Waals surface area contributed by atoms with E-state index in [9.17, 15) is 9.18 Å². The zero-order valence-electron chi connectivity index (χ0n) is 21.6. The molecular formula is C27H32BFO7. The number of hydrogen-bond acceptors (Lipinski definition) is 7. The van der Waals surface area contributed by atoms with Crippen LogP contribution in [0.5, 0.6) is 5.75 Å². The van der Waals surface area contributed by atoms with Gasteiger partial charge in [0.25, 0.3) is 0 Å². The maximum Gasteiger partial charge on any atom is 0.498 e. The zero-order chi connectivity index (χ0) is 26.1. The molecular weight excluding hydrogens is 466 g/mol. The van der Waals surface area contributed by atoms with E-state index in [1.807, 2.05) is 45.9 Å². The minimum atomic E-state index is -0.646. The highest BCUT2D eigenvalue weighted by molar-refractivity contribution is 6.64. The van der Waals surface area contributed by atoms with Crippen LogP contribution in [0.1, 0.15) is 51.5 Å². The largest absolute Gasteiger partial charge is 0.498 e. The Morgan fingerprint density at radius 3 is 2.42 bits per heavy atom. The number of rotatable bonds is 9. The fraction of sp³-hybridized carbons (Fsp3) is 0.444. The van der Waals surface area contributed by atoms with Gasteiger partial charge in [0, 0.05) is 29.6 Å². The minimum Gasteiger partial charge on any atom is -0.488 e. The minimum absolute atomic E-state index is 0.0102. The first-order chi connectivity index (χ1) is 17.0. The normalized spacial score (nSPS) is 16.5. The van der Waals surface area contributed by atoms with E-state index in [1.54, 1.807) is 14.0 Å². The van der Waals surface area contributed by atoms with E-state index in [2.05, 4.69) is 0 Å². The molecule has 0 unspecified atom stereocenters. The van der Waals surface area contributed by atoms with Crippen LogP contribution in [0.2, 0.25) is 0 Å². The van der Waals surface area contributed by atoms with E-state index in [0.29, 0.717) is 23.5 Å². The van der Waals surface area contributed by atoms with E-state index in [4.69, 9.17) is 27.9 Å². The fourth-order valence-electron chi connectivity index (χ4n) is 4.08. The van der Waals surface area contributed by atoms with Crippen LogP contribution in [-0.2, 0) is 43.2 Å². The summed E-state index contributed by atoms with van der Waals surface area (Å²) in [5.74, 6) is 0.102. The topological polar surface area (TPSA) is 76.4 Å². The molecule has 1 saturated heterocycles. The van der Waals surface area contributed by atoms with Crippen molar-refractivity contribution in [2.75, 3.05) is 13.7 Å². The second-order valence-electron chi connectivity index (χ2n) is 9.86. The highest BCUT2D eigenvalue weighted by Gasteiger charge is 2.52. The zero-order valence-corrected chi connectivity index (χ0v) is 21.6. The van der Waals surface area contributed by atoms with Gasteiger partial charge in [0.05, 0.1) is 24.2 Å². The molecule has 9 heteroatoms. The highest BCUT2D eigenvalue weighted by Crippen LogP contribution is 2.37. The van der Waals surface area contributed by atoms with Crippen LogP contribution < -0.4 is 10.2 Å². The summed E-state index contributed by atoms with van der Waals surface area (Å²) in [4.78, 5) is 12.0. The Labute approximate surface area is 210 Å². The van der Waals surface area contributed by atoms with E-state index >= 15 is 0 Å². The second-order valence-corrected chi connectivity index (χ2v) is 9.86. The van der Waals surface area contributed by atoms with Crippen molar-refractivity contribution in [3.05, 3.63) is 59.1 Å². The Balaban J connectivity index is 1.66. The fourth-order valence-corrected chi connectivity index (χ4v) is 4.08. The Hall–Kier alpha value is -2.88. The summed E-state index contributed by atoms with van der Waals surface area (Å²) in [6.45, 7) is 10.4. The van der Waals surface area contributed by atoms with Crippen LogP contribution in [0.25, 0.3) is 11.0 Å². The standard InChI is InChI=1S/C27H32BFO7/c1-7-32-24(30)13-18-8-9-20(29)14-23(18)33-15-17-10-19-12-21(16-31-6)34-25(19)22(11-17)28-35-26(2,3)27(4,5)36-28/h8-12,14H,7,13,15-16H2,1-6H3. The van der Waals surface area contributed by atoms with Gasteiger partial charge in [0.2, 0.25) is 0 Å². The molecule has 0 N–H and O–H groups in total. The molecule has 192 valence electrons. The molecule has 0 saturated carbocycles. The quantitative estimate of drug-likeness (QED) is 0.313. The summed E-state index contributed by atoms with van der Waals surface area (Å²) in [5.41, 5.74) is 1.69. The molecule has 1 aliphatic heterocycles. The smallest absolute Gasteiger partial charge is 0.488 e. The molecule has 7 nitrogen and oxygen atoms in total. The van der Waals surface area contributed by atoms with E-state index in [1.165, 1.54) is 18.2 Å². The summed E-state index contributed by atoms with van der Waals surface area (Å²) >= 11 is 0. The van der Waals surface area contributed by atoms with Gasteiger partial charge in [-0.25, -0.2) is 4.39 Å². The number of ether oxygens (including phenoxy) is 3. The number of benzene rings is 2. The Morgan fingerprint density at radius 2 is 1.75 bits per heavy atom. The maximum absolute atomic E-state index is 14.0. The molecule has 1 aliphatic rings. The summed E-state index contributed by atoms with van der Waals surface area (Å²) < 4.78 is 48.9. The molecule has 1 fully saturated rings. The molecule has 2 aromatic carbocycles. The SMILES string of the molecule is CCOC(=O)Cc1ccc(F)cc1OCc1cc(B2OC(C)(C)C(C)(C)O2)c2oc(COC)cc2c1. The summed E-state index contributed by atoms with van der Waals surface area (Å²) in [7, 11) is 0.960. The predicted octanol–water partition coefficient (Wildman–Crippen LogP) is 4.70. The monoisotopic (exact) mass is 498 g/mol. The van der Waals surface area contributed by atoms with E-state index < -0.39 is 30.1 Å². The number of carbonyl (C=O) groups is 1. The van der Waals surface area contributed by atoms with Crippen molar-refractivity contribution in [2.45, 2.75) is 65.5 Å². The second kappa shape index (κ2) is 10.2. The number of hydrogen-bond donors (Lipinski definition) is 0. The molecule has 36 heavy (non-hydrogen) atoms. The number of esters is 1. The lowest BCUT2D eigenvalue weighted by atomic mass is 9.77. The van der Waals surface area contributed by atoms with Crippen LogP contribution in [0.3, 0.4) is 0 Å². The van der Waals surface area contributed by atoms with Gasteiger partial charge in [-0.3, -0.25) is 4.79 Å². The molecule has 3 aromatic rings. The van der Waals surface area contributed by atoms with Crippen molar-refractivity contribution in [1.82, 2.24) is 0 Å². The third kappa shape index (κ3) is 5.43. The van der Waals surface area contributed by atoms with Crippen LogP contribution in [0, 0.1) is 5.82 Å². The van der Waals surface area contributed by atoms with Crippen LogP contribution >= 0.6 is 0 Å². The molecule has 4 rings (SSSR count). The molecule has 1 aromatic heterocycles. The maximum atomic E-state index is 14.0. The molecule has 0 spiro atoms. The van der Waals surface area contributed by atoms with Crippen LogP contribution in [-0.4, -0.2) is 38.0 Å². The van der Waals surface area contributed by atoms with Gasteiger partial charge in [0.15, 0.2) is 0 Å². The molecule has 0 aliphatic carbocycles. The van der Waals surface area contributed by atoms with Gasteiger partial charge in [0.1, 0.15) is 36.1 Å². The van der Waals surface area contributed by atoms with Crippen molar-refractivity contribution >= 4 is 29.5 Å². The first-order valence-corrected chi connectivity index (χ1v) is 12.0. The molecule has 0 amide bonds. The van der Waals surface area contributed by atoms with Crippen molar-refractivity contribution in [3.63, 3.8) is 0 Å². The van der Waals surface area contributed by atoms with Gasteiger partial charge in [-0.1, -0.05) is 12.1 Å². The Bertz CT molecular complexity index is 1230. The number of fused-ring (bicyclic) bond motifs is 1. The van der Waals surface area contributed by atoms with Gasteiger partial charge >= 0.3 is 13.1 Å². The predicted molar refractivity (Wildman–Crippen MR) is 134 cm³/mol. The number of halogens is 1. The first kappa shape index (κ1) is 26.2. The van der Waals surface area contributed by atoms with Crippen LogP contribution in [0.4, 0.5) is 4.39 Å². The highest BCUT2D eigenvalue weighted by atomic mass is 19.1. The van der Waals surface area contributed by atoms with Gasteiger partial charge < -0.3 is 27.9 Å². The number of carbonyl (C=O) groups excluding carboxylic acids is 1. The molecule has 0 bridgehead atoms. The lowest BCUT2D eigenvalue weighted by Crippen LogP contribution is -2.41. The lowest BCUT2D eigenvalue weighted by molar-refractivity contribution is -0.142. The van der Waals surface area contributed by atoms with Gasteiger partial charge in [-0.15, -0.1) is 0 Å².